The fourth-order valence-electron chi connectivity index (χ4n) is 1.62. The van der Waals surface area contributed by atoms with Gasteiger partial charge in [-0.3, -0.25) is 4.79 Å². The van der Waals surface area contributed by atoms with Crippen molar-refractivity contribution in [1.29, 1.82) is 0 Å². The van der Waals surface area contributed by atoms with E-state index in [9.17, 15) is 4.79 Å². The summed E-state index contributed by atoms with van der Waals surface area (Å²) < 4.78 is 5.18. The van der Waals surface area contributed by atoms with Gasteiger partial charge >= 0.3 is 5.97 Å². The zero-order chi connectivity index (χ0) is 11.7. The van der Waals surface area contributed by atoms with E-state index < -0.39 is 11.9 Å². The van der Waals surface area contributed by atoms with E-state index in [0.29, 0.717) is 12.2 Å². The number of fused-ring (bicyclic) bond motifs is 1. The van der Waals surface area contributed by atoms with Gasteiger partial charge in [-0.25, -0.2) is 0 Å². The fourth-order valence-corrected chi connectivity index (χ4v) is 1.62. The average Bonchev–Trinajstić information content (AvgIpc) is 2.61. The van der Waals surface area contributed by atoms with Gasteiger partial charge in [0.25, 0.3) is 0 Å². The van der Waals surface area contributed by atoms with Gasteiger partial charge in [-0.2, -0.15) is 0 Å². The third-order valence-corrected chi connectivity index (χ3v) is 2.62. The molecule has 0 fully saturated rings. The first-order valence-electron chi connectivity index (χ1n) is 5.15. The van der Waals surface area contributed by atoms with Crippen molar-refractivity contribution in [2.45, 2.75) is 20.3 Å². The summed E-state index contributed by atoms with van der Waals surface area (Å²) in [6.45, 7) is 3.64. The Labute approximate surface area is 92.9 Å². The summed E-state index contributed by atoms with van der Waals surface area (Å²) in [4.78, 5) is 10.8. The molecule has 0 aliphatic heterocycles. The second-order valence-electron chi connectivity index (χ2n) is 4.07. The lowest BCUT2D eigenvalue weighted by atomic mass is 10.0. The lowest BCUT2D eigenvalue weighted by molar-refractivity contribution is -0.141. The smallest absolute Gasteiger partial charge is 0.306 e. The molecule has 1 unspecified atom stereocenters. The highest BCUT2D eigenvalue weighted by molar-refractivity contribution is 5.81. The van der Waals surface area contributed by atoms with E-state index in [2.05, 4.69) is 5.16 Å². The molecule has 1 N–H and O–H groups in total. The van der Waals surface area contributed by atoms with Crippen LogP contribution in [0.4, 0.5) is 0 Å². The van der Waals surface area contributed by atoms with Crippen LogP contribution in [0.5, 0.6) is 0 Å². The van der Waals surface area contributed by atoms with Gasteiger partial charge in [-0.05, 0) is 19.1 Å². The van der Waals surface area contributed by atoms with Crippen molar-refractivity contribution in [3.63, 3.8) is 0 Å². The van der Waals surface area contributed by atoms with Crippen molar-refractivity contribution in [2.24, 2.45) is 5.92 Å². The highest BCUT2D eigenvalue weighted by atomic mass is 16.5. The van der Waals surface area contributed by atoms with E-state index >= 15 is 0 Å². The predicted molar refractivity (Wildman–Crippen MR) is 59.2 cm³/mol. The lowest BCUT2D eigenvalue weighted by Gasteiger charge is -2.02. The van der Waals surface area contributed by atoms with Crippen LogP contribution in [0.1, 0.15) is 18.2 Å². The predicted octanol–water partition coefficient (Wildman–Crippen LogP) is 2.40. The van der Waals surface area contributed by atoms with Crippen molar-refractivity contribution in [3.8, 4) is 0 Å². The molecular formula is C12H13NO3. The van der Waals surface area contributed by atoms with Crippen LogP contribution in [-0.2, 0) is 11.2 Å². The first kappa shape index (κ1) is 10.7. The van der Waals surface area contributed by atoms with Crippen molar-refractivity contribution < 1.29 is 14.4 Å². The number of aryl methyl sites for hydroxylation is 1. The minimum absolute atomic E-state index is 0.370. The number of carboxylic acid groups (broad SMARTS) is 1. The summed E-state index contributed by atoms with van der Waals surface area (Å²) in [6, 6.07) is 5.80. The maximum atomic E-state index is 10.8. The second-order valence-corrected chi connectivity index (χ2v) is 4.07. The Morgan fingerprint density at radius 3 is 3.00 bits per heavy atom. The van der Waals surface area contributed by atoms with Gasteiger partial charge in [0.1, 0.15) is 11.3 Å². The largest absolute Gasteiger partial charge is 0.481 e. The highest BCUT2D eigenvalue weighted by Crippen LogP contribution is 2.22. The molecule has 0 saturated heterocycles. The van der Waals surface area contributed by atoms with Crippen LogP contribution in [0.3, 0.4) is 0 Å². The fraction of sp³-hybridized carbons (Fsp3) is 0.333. The molecule has 2 aromatic rings. The standard InChI is InChI=1S/C12H13NO3/c1-7-3-4-10-9(5-7)11(16-13-10)6-8(2)12(14)15/h3-5,8H,6H2,1-2H3,(H,14,15). The van der Waals surface area contributed by atoms with Gasteiger partial charge in [0.05, 0.1) is 5.92 Å². The number of hydrogen-bond acceptors (Lipinski definition) is 3. The van der Waals surface area contributed by atoms with Crippen LogP contribution >= 0.6 is 0 Å². The minimum atomic E-state index is -0.822. The molecule has 0 aliphatic carbocycles. The van der Waals surface area contributed by atoms with Crippen LogP contribution in [0.2, 0.25) is 0 Å². The van der Waals surface area contributed by atoms with E-state index in [4.69, 9.17) is 9.63 Å². The zero-order valence-electron chi connectivity index (χ0n) is 9.23. The maximum Gasteiger partial charge on any atom is 0.306 e. The van der Waals surface area contributed by atoms with Crippen LogP contribution < -0.4 is 0 Å². The summed E-state index contributed by atoms with van der Waals surface area (Å²) in [6.07, 6.45) is 0.370. The number of carboxylic acids is 1. The third kappa shape index (κ3) is 1.91. The molecule has 0 amide bonds. The Bertz CT molecular complexity index is 530. The van der Waals surface area contributed by atoms with Crippen molar-refractivity contribution in [1.82, 2.24) is 5.16 Å². The van der Waals surface area contributed by atoms with Gasteiger partial charge in [0.2, 0.25) is 0 Å². The number of benzene rings is 1. The number of carbonyl (C=O) groups is 1. The van der Waals surface area contributed by atoms with Gasteiger partial charge in [0, 0.05) is 11.8 Å². The number of hydrogen-bond donors (Lipinski definition) is 1. The SMILES string of the molecule is Cc1ccc2noc(CC(C)C(=O)O)c2c1. The normalized spacial score (nSPS) is 12.9. The quantitative estimate of drug-likeness (QED) is 0.860. The number of nitrogens with zero attached hydrogens (tertiary/aromatic N) is 1. The molecule has 1 heterocycles. The van der Waals surface area contributed by atoms with E-state index in [1.54, 1.807) is 6.92 Å². The van der Waals surface area contributed by atoms with E-state index in [1.165, 1.54) is 0 Å². The zero-order valence-corrected chi connectivity index (χ0v) is 9.23. The second kappa shape index (κ2) is 3.96. The summed E-state index contributed by atoms with van der Waals surface area (Å²) in [5.41, 5.74) is 1.89. The first-order chi connectivity index (χ1) is 7.58. The van der Waals surface area contributed by atoms with Crippen LogP contribution in [0.25, 0.3) is 10.9 Å². The third-order valence-electron chi connectivity index (χ3n) is 2.62. The van der Waals surface area contributed by atoms with Gasteiger partial charge in [-0.1, -0.05) is 23.7 Å². The Hall–Kier alpha value is -1.84. The molecule has 4 heteroatoms. The summed E-state index contributed by atoms with van der Waals surface area (Å²) >= 11 is 0. The van der Waals surface area contributed by atoms with Crippen LogP contribution in [0.15, 0.2) is 22.7 Å². The Kier molecular flexibility index (Phi) is 2.64. The van der Waals surface area contributed by atoms with Gasteiger partial charge in [0.15, 0.2) is 0 Å². The molecule has 84 valence electrons. The average molecular weight is 219 g/mol. The number of rotatable bonds is 3. The Morgan fingerprint density at radius 1 is 1.56 bits per heavy atom. The highest BCUT2D eigenvalue weighted by Gasteiger charge is 2.17. The van der Waals surface area contributed by atoms with Crippen molar-refractivity contribution >= 4 is 16.9 Å². The molecule has 16 heavy (non-hydrogen) atoms. The molecule has 0 radical (unpaired) electrons. The molecule has 1 aromatic heterocycles. The number of aliphatic carboxylic acids is 1. The summed E-state index contributed by atoms with van der Waals surface area (Å²) in [5, 5.41) is 13.7. The molecule has 0 aliphatic rings. The van der Waals surface area contributed by atoms with E-state index in [0.717, 1.165) is 16.5 Å². The topological polar surface area (TPSA) is 63.3 Å². The van der Waals surface area contributed by atoms with Gasteiger partial charge < -0.3 is 9.63 Å². The molecule has 1 atom stereocenters. The van der Waals surface area contributed by atoms with Crippen molar-refractivity contribution in [2.75, 3.05) is 0 Å². The first-order valence-corrected chi connectivity index (χ1v) is 5.15. The van der Waals surface area contributed by atoms with E-state index in [1.807, 2.05) is 25.1 Å². The molecular weight excluding hydrogens is 206 g/mol. The van der Waals surface area contributed by atoms with Crippen molar-refractivity contribution in [3.05, 3.63) is 29.5 Å². The summed E-state index contributed by atoms with van der Waals surface area (Å²) in [5.74, 6) is -0.637. The molecule has 0 saturated carbocycles. The summed E-state index contributed by atoms with van der Waals surface area (Å²) in [7, 11) is 0. The Balaban J connectivity index is 2.37. The number of aromatic nitrogens is 1. The van der Waals surface area contributed by atoms with E-state index in [-0.39, 0.29) is 0 Å². The Morgan fingerprint density at radius 2 is 2.31 bits per heavy atom. The minimum Gasteiger partial charge on any atom is -0.481 e. The molecule has 2 rings (SSSR count). The molecule has 4 nitrogen and oxygen atoms in total. The lowest BCUT2D eigenvalue weighted by Crippen LogP contribution is -2.11. The molecule has 0 bridgehead atoms. The molecule has 0 spiro atoms. The molecule has 1 aromatic carbocycles. The van der Waals surface area contributed by atoms with Gasteiger partial charge in [-0.15, -0.1) is 0 Å². The van der Waals surface area contributed by atoms with Crippen LogP contribution in [-0.4, -0.2) is 16.2 Å². The maximum absolute atomic E-state index is 10.8. The monoisotopic (exact) mass is 219 g/mol. The van der Waals surface area contributed by atoms with Crippen LogP contribution in [0, 0.1) is 12.8 Å².